The first kappa shape index (κ1) is 15.9. The first-order valence-corrected chi connectivity index (χ1v) is 6.92. The summed E-state index contributed by atoms with van der Waals surface area (Å²) in [5.41, 5.74) is -0.953. The van der Waals surface area contributed by atoms with E-state index in [1.807, 2.05) is 4.90 Å². The normalized spacial score (nSPS) is 16.4. The molecule has 0 aliphatic carbocycles. The van der Waals surface area contributed by atoms with E-state index in [0.717, 1.165) is 19.2 Å². The van der Waals surface area contributed by atoms with Gasteiger partial charge in [0.05, 0.1) is 5.69 Å². The number of nitrogens with one attached hydrogen (secondary N) is 2. The van der Waals surface area contributed by atoms with Gasteiger partial charge in [0.25, 0.3) is 0 Å². The van der Waals surface area contributed by atoms with E-state index in [1.165, 1.54) is 6.07 Å². The van der Waals surface area contributed by atoms with Crippen LogP contribution in [0.2, 0.25) is 0 Å². The Labute approximate surface area is 121 Å². The predicted molar refractivity (Wildman–Crippen MR) is 75.2 cm³/mol. The van der Waals surface area contributed by atoms with Crippen LogP contribution in [0.15, 0.2) is 12.1 Å². The molecule has 1 saturated heterocycles. The average Bonchev–Trinajstić information content (AvgIpc) is 2.36. The summed E-state index contributed by atoms with van der Waals surface area (Å²) < 4.78 is 53.1. The van der Waals surface area contributed by atoms with Gasteiger partial charge in [0.2, 0.25) is 0 Å². The smallest absolute Gasteiger partial charge is 0.382 e. The molecular weight excluding hydrogens is 286 g/mol. The van der Waals surface area contributed by atoms with E-state index >= 15 is 0 Å². The summed E-state index contributed by atoms with van der Waals surface area (Å²) in [5.74, 6) is -1.23. The van der Waals surface area contributed by atoms with E-state index < -0.39 is 17.6 Å². The second-order valence-corrected chi connectivity index (χ2v) is 5.38. The molecule has 0 bridgehead atoms. The van der Waals surface area contributed by atoms with Crippen molar-refractivity contribution in [3.05, 3.63) is 23.5 Å². The van der Waals surface area contributed by atoms with Crippen LogP contribution >= 0.6 is 0 Å². The van der Waals surface area contributed by atoms with Crippen LogP contribution in [-0.2, 0) is 6.18 Å². The van der Waals surface area contributed by atoms with E-state index in [-0.39, 0.29) is 11.7 Å². The molecule has 1 heterocycles. The third kappa shape index (κ3) is 3.78. The quantitative estimate of drug-likeness (QED) is 0.841. The third-order valence-electron chi connectivity index (χ3n) is 3.28. The number of benzene rings is 1. The molecule has 1 aliphatic rings. The number of hydrogen-bond acceptors (Lipinski definition) is 3. The number of alkyl halides is 3. The molecule has 0 amide bonds. The molecule has 118 valence electrons. The molecule has 7 heteroatoms. The minimum Gasteiger partial charge on any atom is -0.382 e. The zero-order valence-electron chi connectivity index (χ0n) is 12.0. The highest BCUT2D eigenvalue weighted by atomic mass is 19.4. The zero-order chi connectivity index (χ0) is 15.6. The third-order valence-corrected chi connectivity index (χ3v) is 3.28. The molecule has 0 saturated carbocycles. The summed E-state index contributed by atoms with van der Waals surface area (Å²) in [6, 6.07) is 2.14. The number of anilines is 2. The Hall–Kier alpha value is -1.50. The summed E-state index contributed by atoms with van der Waals surface area (Å²) in [4.78, 5) is 1.88. The van der Waals surface area contributed by atoms with Crippen LogP contribution < -0.4 is 15.5 Å². The molecule has 2 rings (SSSR count). The molecule has 21 heavy (non-hydrogen) atoms. The minimum absolute atomic E-state index is 0.203. The fourth-order valence-corrected chi connectivity index (χ4v) is 2.41. The monoisotopic (exact) mass is 305 g/mol. The second-order valence-electron chi connectivity index (χ2n) is 5.38. The fraction of sp³-hybridized carbons (Fsp3) is 0.571. The largest absolute Gasteiger partial charge is 0.421 e. The number of rotatable bonds is 3. The van der Waals surface area contributed by atoms with Crippen molar-refractivity contribution in [3.8, 4) is 0 Å². The number of hydrogen-bond donors (Lipinski definition) is 2. The van der Waals surface area contributed by atoms with Gasteiger partial charge < -0.3 is 15.5 Å². The van der Waals surface area contributed by atoms with Gasteiger partial charge in [-0.3, -0.25) is 0 Å². The Morgan fingerprint density at radius 3 is 2.33 bits per heavy atom. The van der Waals surface area contributed by atoms with Gasteiger partial charge in [-0.15, -0.1) is 0 Å². The lowest BCUT2D eigenvalue weighted by Gasteiger charge is -2.30. The van der Waals surface area contributed by atoms with Crippen LogP contribution in [0.1, 0.15) is 19.4 Å². The average molecular weight is 305 g/mol. The number of halogens is 4. The Kier molecular flexibility index (Phi) is 4.61. The predicted octanol–water partition coefficient (Wildman–Crippen LogP) is 3.07. The molecule has 0 atom stereocenters. The van der Waals surface area contributed by atoms with Crippen molar-refractivity contribution in [3.63, 3.8) is 0 Å². The summed E-state index contributed by atoms with van der Waals surface area (Å²) in [5, 5.41) is 5.85. The van der Waals surface area contributed by atoms with Crippen molar-refractivity contribution in [1.82, 2.24) is 5.32 Å². The maximum atomic E-state index is 14.0. The molecule has 0 aromatic heterocycles. The van der Waals surface area contributed by atoms with Crippen molar-refractivity contribution in [2.45, 2.75) is 26.1 Å². The van der Waals surface area contributed by atoms with E-state index in [0.29, 0.717) is 18.8 Å². The van der Waals surface area contributed by atoms with E-state index in [1.54, 1.807) is 13.8 Å². The molecule has 1 aromatic carbocycles. The summed E-state index contributed by atoms with van der Waals surface area (Å²) in [6.07, 6.45) is -4.72. The van der Waals surface area contributed by atoms with E-state index in [4.69, 9.17) is 0 Å². The van der Waals surface area contributed by atoms with Crippen molar-refractivity contribution >= 4 is 11.4 Å². The topological polar surface area (TPSA) is 27.3 Å². The van der Waals surface area contributed by atoms with Gasteiger partial charge in [-0.2, -0.15) is 13.2 Å². The maximum Gasteiger partial charge on any atom is 0.421 e. The first-order chi connectivity index (χ1) is 9.79. The number of nitrogens with zero attached hydrogens (tertiary/aromatic N) is 1. The van der Waals surface area contributed by atoms with Crippen molar-refractivity contribution < 1.29 is 17.6 Å². The minimum atomic E-state index is -4.72. The Bertz CT molecular complexity index is 494. The molecular formula is C14H19F4N3. The van der Waals surface area contributed by atoms with Crippen molar-refractivity contribution in [2.24, 2.45) is 0 Å². The van der Waals surface area contributed by atoms with Crippen LogP contribution in [0.5, 0.6) is 0 Å². The van der Waals surface area contributed by atoms with Gasteiger partial charge in [-0.25, -0.2) is 4.39 Å². The highest BCUT2D eigenvalue weighted by molar-refractivity contribution is 5.64. The van der Waals surface area contributed by atoms with Crippen molar-refractivity contribution in [2.75, 3.05) is 36.4 Å². The Balaban J connectivity index is 2.43. The first-order valence-electron chi connectivity index (χ1n) is 6.92. The molecule has 0 unspecified atom stereocenters. The standard InChI is InChI=1S/C14H19F4N3/c1-9(2)20-12-8-10(21-5-3-19-4-6-21)7-11(15)13(12)14(16,17)18/h7-9,19-20H,3-6H2,1-2H3. The molecule has 1 aliphatic heterocycles. The SMILES string of the molecule is CC(C)Nc1cc(N2CCNCC2)cc(F)c1C(F)(F)F. The molecule has 2 N–H and O–H groups in total. The van der Waals surface area contributed by atoms with Crippen LogP contribution in [0, 0.1) is 5.82 Å². The van der Waals surface area contributed by atoms with E-state index in [2.05, 4.69) is 10.6 Å². The summed E-state index contributed by atoms with van der Waals surface area (Å²) in [7, 11) is 0. The van der Waals surface area contributed by atoms with Crippen molar-refractivity contribution in [1.29, 1.82) is 0 Å². The van der Waals surface area contributed by atoms with Gasteiger partial charge in [0.15, 0.2) is 0 Å². The molecule has 1 fully saturated rings. The summed E-state index contributed by atoms with van der Waals surface area (Å²) in [6.45, 7) is 6.19. The lowest BCUT2D eigenvalue weighted by atomic mass is 10.1. The molecule has 0 radical (unpaired) electrons. The highest BCUT2D eigenvalue weighted by Crippen LogP contribution is 2.39. The summed E-state index contributed by atoms with van der Waals surface area (Å²) >= 11 is 0. The zero-order valence-corrected chi connectivity index (χ0v) is 12.0. The molecule has 3 nitrogen and oxygen atoms in total. The fourth-order valence-electron chi connectivity index (χ4n) is 2.41. The van der Waals surface area contributed by atoms with Gasteiger partial charge in [0.1, 0.15) is 11.4 Å². The second kappa shape index (κ2) is 6.09. The van der Waals surface area contributed by atoms with E-state index in [9.17, 15) is 17.6 Å². The highest BCUT2D eigenvalue weighted by Gasteiger charge is 2.38. The van der Waals surface area contributed by atoms with Crippen LogP contribution in [0.25, 0.3) is 0 Å². The Morgan fingerprint density at radius 2 is 1.81 bits per heavy atom. The lowest BCUT2D eigenvalue weighted by Crippen LogP contribution is -2.43. The maximum absolute atomic E-state index is 14.0. The lowest BCUT2D eigenvalue weighted by molar-refractivity contribution is -0.139. The van der Waals surface area contributed by atoms with Gasteiger partial charge in [-0.1, -0.05) is 0 Å². The van der Waals surface area contributed by atoms with Crippen LogP contribution in [0.3, 0.4) is 0 Å². The number of piperazine rings is 1. The van der Waals surface area contributed by atoms with Gasteiger partial charge in [-0.05, 0) is 26.0 Å². The molecule has 1 aromatic rings. The van der Waals surface area contributed by atoms with Gasteiger partial charge >= 0.3 is 6.18 Å². The van der Waals surface area contributed by atoms with Crippen LogP contribution in [-0.4, -0.2) is 32.2 Å². The van der Waals surface area contributed by atoms with Crippen LogP contribution in [0.4, 0.5) is 28.9 Å². The Morgan fingerprint density at radius 1 is 1.19 bits per heavy atom. The molecule has 0 spiro atoms. The van der Waals surface area contributed by atoms with Gasteiger partial charge in [0, 0.05) is 37.9 Å².